The number of carbonyl (C=O) groups is 1. The van der Waals surface area contributed by atoms with Crippen molar-refractivity contribution < 1.29 is 4.79 Å². The maximum atomic E-state index is 11.6. The van der Waals surface area contributed by atoms with E-state index >= 15 is 0 Å². The first kappa shape index (κ1) is 15.0. The van der Waals surface area contributed by atoms with Crippen LogP contribution in [0.3, 0.4) is 0 Å². The lowest BCUT2D eigenvalue weighted by Crippen LogP contribution is -2.37. The molecule has 0 aromatic heterocycles. The van der Waals surface area contributed by atoms with Crippen molar-refractivity contribution in [1.82, 2.24) is 10.2 Å². The van der Waals surface area contributed by atoms with E-state index in [0.717, 1.165) is 12.0 Å². The Bertz CT molecular complexity index is 421. The van der Waals surface area contributed by atoms with Crippen LogP contribution in [0, 0.1) is 0 Å². The van der Waals surface area contributed by atoms with E-state index in [2.05, 4.69) is 10.2 Å². The molecule has 0 spiro atoms. The summed E-state index contributed by atoms with van der Waals surface area (Å²) in [4.78, 5) is 13.6. The number of nitrogens with zero attached hydrogens (tertiary/aromatic N) is 1. The molecule has 0 saturated heterocycles. The molecule has 0 saturated carbocycles. The first-order valence-electron chi connectivity index (χ1n) is 5.86. The number of halogens is 1. The summed E-state index contributed by atoms with van der Waals surface area (Å²) in [6, 6.07) is 5.51. The van der Waals surface area contributed by atoms with Crippen LogP contribution >= 0.6 is 11.6 Å². The Hall–Kier alpha value is -1.10. The second-order valence-electron chi connectivity index (χ2n) is 4.44. The third kappa shape index (κ3) is 3.70. The number of amides is 1. The van der Waals surface area contributed by atoms with E-state index in [4.69, 9.17) is 17.3 Å². The van der Waals surface area contributed by atoms with Gasteiger partial charge in [-0.05, 0) is 44.3 Å². The highest BCUT2D eigenvalue weighted by atomic mass is 35.5. The van der Waals surface area contributed by atoms with Crippen LogP contribution < -0.4 is 11.1 Å². The molecule has 4 nitrogen and oxygen atoms in total. The summed E-state index contributed by atoms with van der Waals surface area (Å²) in [5.41, 5.74) is 7.29. The van der Waals surface area contributed by atoms with Gasteiger partial charge in [0.15, 0.2) is 0 Å². The average molecular weight is 270 g/mol. The van der Waals surface area contributed by atoms with E-state index in [1.807, 2.05) is 20.2 Å². The first-order chi connectivity index (χ1) is 8.49. The maximum Gasteiger partial charge on any atom is 0.251 e. The second-order valence-corrected chi connectivity index (χ2v) is 4.85. The second kappa shape index (κ2) is 6.73. The SMILES string of the molecule is CNC(=O)c1ccc(Cl)c(C[C@@H](CN)N(C)C)c1. The van der Waals surface area contributed by atoms with Crippen LogP contribution in [0.25, 0.3) is 0 Å². The van der Waals surface area contributed by atoms with Gasteiger partial charge in [0.25, 0.3) is 5.91 Å². The van der Waals surface area contributed by atoms with E-state index in [0.29, 0.717) is 17.1 Å². The smallest absolute Gasteiger partial charge is 0.251 e. The number of hydrogen-bond donors (Lipinski definition) is 2. The zero-order valence-corrected chi connectivity index (χ0v) is 11.8. The zero-order chi connectivity index (χ0) is 13.7. The zero-order valence-electron chi connectivity index (χ0n) is 11.0. The van der Waals surface area contributed by atoms with Crippen molar-refractivity contribution in [2.24, 2.45) is 5.73 Å². The highest BCUT2D eigenvalue weighted by Gasteiger charge is 2.14. The van der Waals surface area contributed by atoms with E-state index in [1.54, 1.807) is 19.2 Å². The van der Waals surface area contributed by atoms with E-state index in [-0.39, 0.29) is 11.9 Å². The number of hydrogen-bond acceptors (Lipinski definition) is 3. The molecule has 5 heteroatoms. The van der Waals surface area contributed by atoms with Gasteiger partial charge in [0, 0.05) is 30.2 Å². The summed E-state index contributed by atoms with van der Waals surface area (Å²) in [7, 11) is 5.57. The molecule has 0 aliphatic rings. The summed E-state index contributed by atoms with van der Waals surface area (Å²) in [6.45, 7) is 0.549. The molecule has 100 valence electrons. The molecule has 0 fully saturated rings. The Morgan fingerprint density at radius 2 is 2.17 bits per heavy atom. The van der Waals surface area contributed by atoms with Crippen LogP contribution in [0.15, 0.2) is 18.2 Å². The fraction of sp³-hybridized carbons (Fsp3) is 0.462. The summed E-state index contributed by atoms with van der Waals surface area (Å²) in [5, 5.41) is 3.27. The minimum atomic E-state index is -0.109. The van der Waals surface area contributed by atoms with Crippen molar-refractivity contribution in [2.45, 2.75) is 12.5 Å². The third-order valence-electron chi connectivity index (χ3n) is 2.99. The fourth-order valence-electron chi connectivity index (χ4n) is 1.75. The molecule has 1 amide bonds. The number of nitrogens with one attached hydrogen (secondary N) is 1. The number of nitrogens with two attached hydrogens (primary N) is 1. The molecule has 1 aromatic rings. The standard InChI is InChI=1S/C13H20ClN3O/c1-16-13(18)9-4-5-12(14)10(6-9)7-11(8-15)17(2)3/h4-6,11H,7-8,15H2,1-3H3,(H,16,18)/t11-/m0/s1. The Morgan fingerprint density at radius 3 is 2.67 bits per heavy atom. The molecule has 3 N–H and O–H groups in total. The quantitative estimate of drug-likeness (QED) is 0.843. The molecule has 1 rings (SSSR count). The molecule has 18 heavy (non-hydrogen) atoms. The normalized spacial score (nSPS) is 12.6. The van der Waals surface area contributed by atoms with Crippen molar-refractivity contribution in [3.63, 3.8) is 0 Å². The molecule has 1 aromatic carbocycles. The minimum absolute atomic E-state index is 0.109. The van der Waals surface area contributed by atoms with Gasteiger partial charge in [0.2, 0.25) is 0 Å². The molecule has 0 unspecified atom stereocenters. The van der Waals surface area contributed by atoms with E-state index in [1.165, 1.54) is 0 Å². The van der Waals surface area contributed by atoms with Gasteiger partial charge in [-0.1, -0.05) is 11.6 Å². The van der Waals surface area contributed by atoms with Crippen molar-refractivity contribution >= 4 is 17.5 Å². The molecular weight excluding hydrogens is 250 g/mol. The van der Waals surface area contributed by atoms with Crippen LogP contribution in [0.2, 0.25) is 5.02 Å². The largest absolute Gasteiger partial charge is 0.355 e. The van der Waals surface area contributed by atoms with Gasteiger partial charge in [-0.15, -0.1) is 0 Å². The van der Waals surface area contributed by atoms with Crippen LogP contribution in [0.1, 0.15) is 15.9 Å². The van der Waals surface area contributed by atoms with Crippen LogP contribution in [-0.2, 0) is 6.42 Å². The van der Waals surface area contributed by atoms with E-state index < -0.39 is 0 Å². The van der Waals surface area contributed by atoms with Gasteiger partial charge >= 0.3 is 0 Å². The number of carbonyl (C=O) groups excluding carboxylic acids is 1. The van der Waals surface area contributed by atoms with Gasteiger partial charge in [-0.2, -0.15) is 0 Å². The summed E-state index contributed by atoms with van der Waals surface area (Å²) < 4.78 is 0. The van der Waals surface area contributed by atoms with Gasteiger partial charge in [0.05, 0.1) is 0 Å². The summed E-state index contributed by atoms with van der Waals surface area (Å²) in [6.07, 6.45) is 0.729. The number of likely N-dealkylation sites (N-methyl/N-ethyl adjacent to an activating group) is 1. The average Bonchev–Trinajstić information content (AvgIpc) is 2.36. The lowest BCUT2D eigenvalue weighted by Gasteiger charge is -2.23. The third-order valence-corrected chi connectivity index (χ3v) is 3.36. The molecule has 0 aliphatic heterocycles. The first-order valence-corrected chi connectivity index (χ1v) is 6.24. The van der Waals surface area contributed by atoms with Crippen LogP contribution in [0.5, 0.6) is 0 Å². The minimum Gasteiger partial charge on any atom is -0.355 e. The highest BCUT2D eigenvalue weighted by molar-refractivity contribution is 6.31. The highest BCUT2D eigenvalue weighted by Crippen LogP contribution is 2.20. The summed E-state index contributed by atoms with van der Waals surface area (Å²) in [5.74, 6) is -0.109. The number of benzene rings is 1. The molecule has 0 bridgehead atoms. The predicted octanol–water partition coefficient (Wildman–Crippen LogP) is 1.13. The lowest BCUT2D eigenvalue weighted by molar-refractivity contribution is 0.0963. The molecule has 0 radical (unpaired) electrons. The number of rotatable bonds is 5. The lowest BCUT2D eigenvalue weighted by atomic mass is 10.0. The molecule has 0 aliphatic carbocycles. The van der Waals surface area contributed by atoms with Gasteiger partial charge in [0.1, 0.15) is 0 Å². The molecule has 1 atom stereocenters. The van der Waals surface area contributed by atoms with E-state index in [9.17, 15) is 4.79 Å². The summed E-state index contributed by atoms with van der Waals surface area (Å²) >= 11 is 6.16. The topological polar surface area (TPSA) is 58.4 Å². The monoisotopic (exact) mass is 269 g/mol. The maximum absolute atomic E-state index is 11.6. The Morgan fingerprint density at radius 1 is 1.50 bits per heavy atom. The fourth-order valence-corrected chi connectivity index (χ4v) is 1.94. The van der Waals surface area contributed by atoms with Crippen LogP contribution in [0.4, 0.5) is 0 Å². The van der Waals surface area contributed by atoms with Crippen molar-refractivity contribution in [3.05, 3.63) is 34.3 Å². The Kier molecular flexibility index (Phi) is 5.59. The van der Waals surface area contributed by atoms with Crippen molar-refractivity contribution in [2.75, 3.05) is 27.7 Å². The Balaban J connectivity index is 2.97. The van der Waals surface area contributed by atoms with Gasteiger partial charge in [-0.3, -0.25) is 4.79 Å². The van der Waals surface area contributed by atoms with Gasteiger partial charge in [-0.25, -0.2) is 0 Å². The Labute approximate surface area is 113 Å². The van der Waals surface area contributed by atoms with Crippen molar-refractivity contribution in [3.8, 4) is 0 Å². The van der Waals surface area contributed by atoms with Crippen molar-refractivity contribution in [1.29, 1.82) is 0 Å². The van der Waals surface area contributed by atoms with Crippen LogP contribution in [-0.4, -0.2) is 44.5 Å². The molecular formula is C13H20ClN3O. The van der Waals surface area contributed by atoms with Gasteiger partial charge < -0.3 is 16.0 Å². The molecule has 0 heterocycles. The predicted molar refractivity (Wildman–Crippen MR) is 75.1 cm³/mol.